The molecule has 0 spiro atoms. The highest BCUT2D eigenvalue weighted by Crippen LogP contribution is 2.38. The maximum absolute atomic E-state index is 14.2. The summed E-state index contributed by atoms with van der Waals surface area (Å²) in [5, 5.41) is 22.6. The summed E-state index contributed by atoms with van der Waals surface area (Å²) >= 11 is 0. The lowest BCUT2D eigenvalue weighted by molar-refractivity contribution is 0.321. The van der Waals surface area contributed by atoms with Crippen molar-refractivity contribution in [2.45, 2.75) is 17.9 Å². The Bertz CT molecular complexity index is 1420. The first-order chi connectivity index (χ1) is 16.4. The number of pyridine rings is 1. The third-order valence-electron chi connectivity index (χ3n) is 5.25. The van der Waals surface area contributed by atoms with E-state index in [1.54, 1.807) is 0 Å². The van der Waals surface area contributed by atoms with Crippen LogP contribution < -0.4 is 11.1 Å². The van der Waals surface area contributed by atoms with Crippen LogP contribution in [0.1, 0.15) is 24.2 Å². The van der Waals surface area contributed by atoms with Gasteiger partial charge in [-0.05, 0) is 30.7 Å². The Kier molecular flexibility index (Phi) is 6.77. The molecule has 8 nitrogen and oxygen atoms in total. The Morgan fingerprint density at radius 3 is 2.71 bits per heavy atom. The van der Waals surface area contributed by atoms with Crippen LogP contribution in [0.15, 0.2) is 59.8 Å². The number of hydrogen-bond acceptors (Lipinski definition) is 8. The number of nitrogen functional groups attached to an aromatic ring is 1. The molecule has 0 fully saturated rings. The van der Waals surface area contributed by atoms with Gasteiger partial charge in [-0.3, -0.25) is 4.21 Å². The van der Waals surface area contributed by atoms with E-state index in [4.69, 9.17) is 10.7 Å². The molecule has 4 aromatic rings. The number of nitrogens with one attached hydrogen (secondary N) is 1. The van der Waals surface area contributed by atoms with Crippen LogP contribution in [-0.4, -0.2) is 36.6 Å². The van der Waals surface area contributed by atoms with Gasteiger partial charge in [0.25, 0.3) is 0 Å². The summed E-state index contributed by atoms with van der Waals surface area (Å²) in [5.41, 5.74) is 8.19. The number of benzene rings is 2. The van der Waals surface area contributed by atoms with Crippen LogP contribution in [0.3, 0.4) is 0 Å². The molecule has 2 heterocycles. The molecular weight excluding hydrogens is 455 g/mol. The number of fused-ring (bicyclic) bond motifs is 1. The predicted molar refractivity (Wildman–Crippen MR) is 129 cm³/mol. The zero-order chi connectivity index (χ0) is 24.2. The van der Waals surface area contributed by atoms with Crippen molar-refractivity contribution in [1.29, 1.82) is 5.26 Å². The molecule has 0 saturated carbocycles. The van der Waals surface area contributed by atoms with Gasteiger partial charge in [-0.15, -0.1) is 0 Å². The van der Waals surface area contributed by atoms with Gasteiger partial charge in [0.05, 0.1) is 45.3 Å². The van der Waals surface area contributed by atoms with Gasteiger partial charge >= 0.3 is 0 Å². The van der Waals surface area contributed by atoms with Crippen molar-refractivity contribution in [3.8, 4) is 17.2 Å². The van der Waals surface area contributed by atoms with E-state index in [0.29, 0.717) is 27.1 Å². The number of nitrogens with two attached hydrogens (primary N) is 1. The highest BCUT2D eigenvalue weighted by molar-refractivity contribution is 7.85. The van der Waals surface area contributed by atoms with Gasteiger partial charge in [-0.2, -0.15) is 5.26 Å². The summed E-state index contributed by atoms with van der Waals surface area (Å²) in [7, 11) is -1.64. The van der Waals surface area contributed by atoms with Crippen molar-refractivity contribution in [3.05, 3.63) is 71.9 Å². The Morgan fingerprint density at radius 2 is 2.00 bits per heavy atom. The maximum Gasteiger partial charge on any atom is 0.150 e. The zero-order valence-electron chi connectivity index (χ0n) is 18.2. The van der Waals surface area contributed by atoms with E-state index in [1.807, 2.05) is 43.3 Å². The van der Waals surface area contributed by atoms with Crippen LogP contribution >= 0.6 is 0 Å². The first-order valence-electron chi connectivity index (χ1n) is 10.4. The van der Waals surface area contributed by atoms with Crippen molar-refractivity contribution in [3.63, 3.8) is 0 Å². The van der Waals surface area contributed by atoms with E-state index in [2.05, 4.69) is 15.3 Å². The Balaban J connectivity index is 1.99. The van der Waals surface area contributed by atoms with E-state index < -0.39 is 22.7 Å². The van der Waals surface area contributed by atoms with Crippen LogP contribution in [0.2, 0.25) is 0 Å². The Hall–Kier alpha value is -3.94. The van der Waals surface area contributed by atoms with Gasteiger partial charge in [0.15, 0.2) is 0 Å². The van der Waals surface area contributed by atoms with Crippen LogP contribution in [0.4, 0.5) is 16.0 Å². The number of aliphatic hydroxyl groups is 1. The van der Waals surface area contributed by atoms with Gasteiger partial charge in [-0.1, -0.05) is 30.3 Å². The Morgan fingerprint density at radius 1 is 1.24 bits per heavy atom. The second-order valence-electron chi connectivity index (χ2n) is 7.46. The number of nitrogens with zero attached hydrogens (tertiary/aromatic N) is 4. The third kappa shape index (κ3) is 4.44. The van der Waals surface area contributed by atoms with Gasteiger partial charge in [0.2, 0.25) is 0 Å². The van der Waals surface area contributed by atoms with E-state index >= 15 is 0 Å². The lowest BCUT2D eigenvalue weighted by atomic mass is 9.97. The molecule has 2 atom stereocenters. The molecule has 34 heavy (non-hydrogen) atoms. The van der Waals surface area contributed by atoms with Crippen molar-refractivity contribution < 1.29 is 13.7 Å². The number of rotatable bonds is 7. The molecule has 0 aliphatic rings. The fraction of sp³-hybridized carbons (Fsp3) is 0.167. The van der Waals surface area contributed by atoms with Crippen molar-refractivity contribution in [1.82, 2.24) is 15.0 Å². The van der Waals surface area contributed by atoms with Crippen molar-refractivity contribution in [2.75, 3.05) is 23.4 Å². The van der Waals surface area contributed by atoms with Gasteiger partial charge < -0.3 is 16.2 Å². The molecule has 2 unspecified atom stereocenters. The van der Waals surface area contributed by atoms with E-state index in [1.165, 1.54) is 24.5 Å². The highest BCUT2D eigenvalue weighted by Gasteiger charge is 2.25. The number of hydrogen-bond donors (Lipinski definition) is 3. The molecule has 0 aliphatic carbocycles. The maximum atomic E-state index is 14.2. The molecule has 0 saturated heterocycles. The fourth-order valence-corrected chi connectivity index (χ4v) is 4.96. The van der Waals surface area contributed by atoms with Gasteiger partial charge in [0.1, 0.15) is 35.4 Å². The largest absolute Gasteiger partial charge is 0.395 e. The van der Waals surface area contributed by atoms with Crippen molar-refractivity contribution in [2.24, 2.45) is 0 Å². The topological polar surface area (TPSA) is 138 Å². The lowest BCUT2D eigenvalue weighted by Gasteiger charge is -2.22. The SMILES string of the molecule is CC(Nc1ncnc(N)c1C#N)c1nc2ccc(F)cc2c(S(=O)CCO)c1-c1ccccc1. The predicted octanol–water partition coefficient (Wildman–Crippen LogP) is 3.56. The minimum atomic E-state index is -1.64. The molecule has 4 rings (SSSR count). The second kappa shape index (κ2) is 9.91. The minimum Gasteiger partial charge on any atom is -0.395 e. The standard InChI is InChI=1S/C24H21FN6O2S/c1-14(30-24-18(12-26)23(27)28-13-29-24)21-20(15-5-3-2-4-6-15)22(34(33)10-9-32)17-11-16(25)7-8-19(17)31-21/h2-8,11,13-14,32H,9-10H2,1H3,(H3,27,28,29,30). The summed E-state index contributed by atoms with van der Waals surface area (Å²) in [4.78, 5) is 13.2. The molecule has 172 valence electrons. The summed E-state index contributed by atoms with van der Waals surface area (Å²) < 4.78 is 27.6. The summed E-state index contributed by atoms with van der Waals surface area (Å²) in [6.45, 7) is 1.52. The molecule has 0 bridgehead atoms. The minimum absolute atomic E-state index is 0.0161. The first-order valence-corrected chi connectivity index (χ1v) is 11.7. The second-order valence-corrected chi connectivity index (χ2v) is 8.97. The summed E-state index contributed by atoms with van der Waals surface area (Å²) in [5.74, 6) is -0.218. The summed E-state index contributed by atoms with van der Waals surface area (Å²) in [6.07, 6.45) is 1.25. The zero-order valence-corrected chi connectivity index (χ0v) is 19.0. The Labute approximate surface area is 197 Å². The average Bonchev–Trinajstić information content (AvgIpc) is 2.83. The third-order valence-corrected chi connectivity index (χ3v) is 6.68. The number of halogens is 1. The van der Waals surface area contributed by atoms with Crippen LogP contribution in [0.5, 0.6) is 0 Å². The van der Waals surface area contributed by atoms with E-state index in [0.717, 1.165) is 5.56 Å². The van der Waals surface area contributed by atoms with Gasteiger partial charge in [0, 0.05) is 10.9 Å². The smallest absolute Gasteiger partial charge is 0.150 e. The summed E-state index contributed by atoms with van der Waals surface area (Å²) in [6, 6.07) is 14.8. The van der Waals surface area contributed by atoms with Crippen molar-refractivity contribution >= 4 is 33.3 Å². The molecule has 0 amide bonds. The monoisotopic (exact) mass is 476 g/mol. The van der Waals surface area contributed by atoms with Crippen LogP contribution in [0.25, 0.3) is 22.0 Å². The lowest BCUT2D eigenvalue weighted by Crippen LogP contribution is -2.16. The molecular formula is C24H21FN6O2S. The molecule has 0 radical (unpaired) electrons. The molecule has 4 N–H and O–H groups in total. The number of aliphatic hydroxyl groups excluding tert-OH is 1. The van der Waals surface area contributed by atoms with E-state index in [-0.39, 0.29) is 29.6 Å². The van der Waals surface area contributed by atoms with Crippen LogP contribution in [0, 0.1) is 17.1 Å². The van der Waals surface area contributed by atoms with Gasteiger partial charge in [-0.25, -0.2) is 19.3 Å². The quantitative estimate of drug-likeness (QED) is 0.368. The van der Waals surface area contributed by atoms with Crippen LogP contribution in [-0.2, 0) is 10.8 Å². The average molecular weight is 477 g/mol. The molecule has 2 aromatic carbocycles. The number of nitriles is 1. The molecule has 10 heteroatoms. The fourth-order valence-electron chi connectivity index (χ4n) is 3.74. The molecule has 0 aliphatic heterocycles. The van der Waals surface area contributed by atoms with E-state index in [9.17, 15) is 19.0 Å². The molecule has 2 aromatic heterocycles. The normalized spacial score (nSPS) is 12.8. The highest BCUT2D eigenvalue weighted by atomic mass is 32.2. The number of anilines is 2. The first kappa shape index (κ1) is 23.2. The number of aromatic nitrogens is 3.